The summed E-state index contributed by atoms with van der Waals surface area (Å²) in [5, 5.41) is 0.677. The number of carbonyl (C=O) groups is 1. The van der Waals surface area contributed by atoms with Crippen molar-refractivity contribution in [3.8, 4) is 11.8 Å². The average Bonchev–Trinajstić information content (AvgIpc) is 3.09. The molecule has 0 N–H and O–H groups in total. The number of fused-ring (bicyclic) bond motifs is 1. The van der Waals surface area contributed by atoms with Crippen LogP contribution in [0.15, 0.2) is 55.1 Å². The molecule has 7 heteroatoms. The van der Waals surface area contributed by atoms with Crippen LogP contribution in [-0.2, 0) is 6.54 Å². The number of benzene rings is 2. The third kappa shape index (κ3) is 4.03. The van der Waals surface area contributed by atoms with Gasteiger partial charge in [-0.2, -0.15) is 4.98 Å². The maximum Gasteiger partial charge on any atom is 0.329 e. The summed E-state index contributed by atoms with van der Waals surface area (Å²) < 4.78 is 8.16. The first-order valence-corrected chi connectivity index (χ1v) is 10.6. The largest absolute Gasteiger partial charge is 0.425 e. The molecule has 0 radical (unpaired) electrons. The summed E-state index contributed by atoms with van der Waals surface area (Å²) in [6, 6.07) is 15.7. The Morgan fingerprint density at radius 3 is 2.58 bits per heavy atom. The van der Waals surface area contributed by atoms with Gasteiger partial charge in [0, 0.05) is 18.6 Å². The minimum absolute atomic E-state index is 0.141. The Bertz CT molecular complexity index is 1140. The van der Waals surface area contributed by atoms with E-state index in [1.165, 1.54) is 0 Å². The zero-order valence-corrected chi connectivity index (χ0v) is 18.7. The molecule has 0 spiro atoms. The van der Waals surface area contributed by atoms with Gasteiger partial charge >= 0.3 is 12.0 Å². The predicted molar refractivity (Wildman–Crippen MR) is 124 cm³/mol. The van der Waals surface area contributed by atoms with Gasteiger partial charge in [0.1, 0.15) is 11.4 Å². The Kier molecular flexibility index (Phi) is 5.74. The van der Waals surface area contributed by atoms with Crippen LogP contribution in [0.3, 0.4) is 0 Å². The van der Waals surface area contributed by atoms with Crippen molar-refractivity contribution < 1.29 is 9.53 Å². The molecule has 0 saturated carbocycles. The standard InChI is InChI=1S/C24H25ClN4O2/c1-5-13-28-17(3)21-22(27(4)24(28)30)26-23(31-20-8-6-7-16(2)14-20)29(21)15-18-9-11-19(25)12-10-18/h6-12,14H,3,5,13,15H2,1-2,4H3. The molecular formula is C24H25ClN4O2. The lowest BCUT2D eigenvalue weighted by Crippen LogP contribution is -2.44. The number of nitrogens with zero attached hydrogens (tertiary/aromatic N) is 4. The highest BCUT2D eigenvalue weighted by molar-refractivity contribution is 6.30. The van der Waals surface area contributed by atoms with Gasteiger partial charge in [-0.05, 0) is 48.7 Å². The van der Waals surface area contributed by atoms with Crippen LogP contribution >= 0.6 is 11.6 Å². The molecule has 0 saturated heterocycles. The lowest BCUT2D eigenvalue weighted by atomic mass is 10.2. The first kappa shape index (κ1) is 21.0. The second-order valence-electron chi connectivity index (χ2n) is 7.64. The number of anilines is 1. The molecular weight excluding hydrogens is 412 g/mol. The van der Waals surface area contributed by atoms with Crippen molar-refractivity contribution in [1.82, 2.24) is 14.5 Å². The second-order valence-corrected chi connectivity index (χ2v) is 8.07. The highest BCUT2D eigenvalue weighted by atomic mass is 35.5. The van der Waals surface area contributed by atoms with E-state index in [9.17, 15) is 4.79 Å². The van der Waals surface area contributed by atoms with E-state index in [-0.39, 0.29) is 6.03 Å². The van der Waals surface area contributed by atoms with Crippen molar-refractivity contribution in [2.45, 2.75) is 26.8 Å². The van der Waals surface area contributed by atoms with Crippen LogP contribution in [-0.4, -0.2) is 34.1 Å². The average molecular weight is 437 g/mol. The molecule has 0 bridgehead atoms. The molecule has 4 rings (SSSR count). The highest BCUT2D eigenvalue weighted by Gasteiger charge is 2.36. The number of hydrogen-bond donors (Lipinski definition) is 0. The summed E-state index contributed by atoms with van der Waals surface area (Å²) in [4.78, 5) is 20.8. The third-order valence-electron chi connectivity index (χ3n) is 5.25. The predicted octanol–water partition coefficient (Wildman–Crippen LogP) is 5.94. The van der Waals surface area contributed by atoms with Gasteiger partial charge in [-0.3, -0.25) is 14.4 Å². The van der Waals surface area contributed by atoms with Gasteiger partial charge in [-0.15, -0.1) is 0 Å². The van der Waals surface area contributed by atoms with Gasteiger partial charge in [0.2, 0.25) is 0 Å². The quantitative estimate of drug-likeness (QED) is 0.480. The number of aromatic nitrogens is 2. The van der Waals surface area contributed by atoms with E-state index in [0.717, 1.165) is 23.2 Å². The van der Waals surface area contributed by atoms with E-state index in [1.807, 2.05) is 66.9 Å². The Morgan fingerprint density at radius 1 is 1.16 bits per heavy atom. The number of urea groups is 1. The molecule has 2 aromatic carbocycles. The fourth-order valence-corrected chi connectivity index (χ4v) is 3.82. The molecule has 6 nitrogen and oxygen atoms in total. The molecule has 0 unspecified atom stereocenters. The van der Waals surface area contributed by atoms with Crippen molar-refractivity contribution in [2.24, 2.45) is 0 Å². The number of amides is 2. The van der Waals surface area contributed by atoms with Gasteiger partial charge in [0.05, 0.1) is 12.2 Å². The van der Waals surface area contributed by atoms with Crippen LogP contribution in [0, 0.1) is 6.92 Å². The Hall–Kier alpha value is -3.25. The number of ether oxygens (including phenoxy) is 1. The van der Waals surface area contributed by atoms with E-state index in [4.69, 9.17) is 21.3 Å². The number of hydrogen-bond acceptors (Lipinski definition) is 3. The van der Waals surface area contributed by atoms with Crippen LogP contribution in [0.1, 0.15) is 30.2 Å². The number of rotatable bonds is 6. The Balaban J connectivity index is 1.83. The lowest BCUT2D eigenvalue weighted by molar-refractivity contribution is 0.224. The molecule has 2 amide bonds. The molecule has 0 atom stereocenters. The van der Waals surface area contributed by atoms with E-state index < -0.39 is 0 Å². The van der Waals surface area contributed by atoms with E-state index >= 15 is 0 Å². The van der Waals surface area contributed by atoms with E-state index in [2.05, 4.69) is 6.58 Å². The summed E-state index contributed by atoms with van der Waals surface area (Å²) in [6.07, 6.45) is 0.825. The fraction of sp³-hybridized carbons (Fsp3) is 0.250. The normalized spacial score (nSPS) is 13.5. The van der Waals surface area contributed by atoms with Crippen molar-refractivity contribution >= 4 is 29.1 Å². The zero-order chi connectivity index (χ0) is 22.1. The van der Waals surface area contributed by atoms with Crippen LogP contribution in [0.5, 0.6) is 11.8 Å². The number of carbonyl (C=O) groups excluding carboxylic acids is 1. The van der Waals surface area contributed by atoms with Crippen molar-refractivity contribution in [3.63, 3.8) is 0 Å². The summed E-state index contributed by atoms with van der Waals surface area (Å²) in [7, 11) is 1.73. The summed E-state index contributed by atoms with van der Waals surface area (Å²) in [6.45, 7) is 9.36. The van der Waals surface area contributed by atoms with Crippen LogP contribution < -0.4 is 9.64 Å². The van der Waals surface area contributed by atoms with Gasteiger partial charge in [0.25, 0.3) is 0 Å². The summed E-state index contributed by atoms with van der Waals surface area (Å²) >= 11 is 6.07. The molecule has 1 aliphatic rings. The number of imidazole rings is 1. The second kappa shape index (κ2) is 8.47. The molecule has 3 aromatic rings. The van der Waals surface area contributed by atoms with Crippen molar-refractivity contribution in [1.29, 1.82) is 0 Å². The Labute approximate surface area is 187 Å². The maximum absolute atomic E-state index is 12.9. The molecule has 1 aliphatic heterocycles. The fourth-order valence-electron chi connectivity index (χ4n) is 3.69. The van der Waals surface area contributed by atoms with Crippen LogP contribution in [0.4, 0.5) is 10.6 Å². The number of aryl methyl sites for hydroxylation is 1. The van der Waals surface area contributed by atoms with Gasteiger partial charge in [-0.25, -0.2) is 4.79 Å². The van der Waals surface area contributed by atoms with Gasteiger partial charge < -0.3 is 4.74 Å². The summed E-state index contributed by atoms with van der Waals surface area (Å²) in [5.41, 5.74) is 3.52. The van der Waals surface area contributed by atoms with Crippen LogP contribution in [0.2, 0.25) is 5.02 Å². The van der Waals surface area contributed by atoms with Crippen molar-refractivity contribution in [3.05, 3.63) is 77.0 Å². The van der Waals surface area contributed by atoms with Crippen LogP contribution in [0.25, 0.3) is 5.70 Å². The minimum atomic E-state index is -0.141. The first-order valence-electron chi connectivity index (χ1n) is 10.2. The van der Waals surface area contributed by atoms with Gasteiger partial charge in [-0.1, -0.05) is 49.4 Å². The monoisotopic (exact) mass is 436 g/mol. The molecule has 1 aromatic heterocycles. The van der Waals surface area contributed by atoms with Crippen molar-refractivity contribution in [2.75, 3.05) is 18.5 Å². The zero-order valence-electron chi connectivity index (χ0n) is 17.9. The first-order chi connectivity index (χ1) is 14.9. The highest BCUT2D eigenvalue weighted by Crippen LogP contribution is 2.39. The summed E-state index contributed by atoms with van der Waals surface area (Å²) in [5.74, 6) is 1.23. The molecule has 0 fully saturated rings. The Morgan fingerprint density at radius 2 is 1.90 bits per heavy atom. The minimum Gasteiger partial charge on any atom is -0.425 e. The van der Waals surface area contributed by atoms with Gasteiger partial charge in [0.15, 0.2) is 5.82 Å². The maximum atomic E-state index is 12.9. The molecule has 2 heterocycles. The lowest BCUT2D eigenvalue weighted by Gasteiger charge is -2.34. The molecule has 160 valence electrons. The SMILES string of the molecule is C=C1c2c(nc(Oc3cccc(C)c3)n2Cc2ccc(Cl)cc2)N(C)C(=O)N1CCC. The topological polar surface area (TPSA) is 50.6 Å². The van der Waals surface area contributed by atoms with E-state index in [0.29, 0.717) is 41.4 Å². The van der Waals surface area contributed by atoms with E-state index in [1.54, 1.807) is 16.8 Å². The number of halogens is 1. The molecule has 0 aliphatic carbocycles. The third-order valence-corrected chi connectivity index (χ3v) is 5.50. The smallest absolute Gasteiger partial charge is 0.329 e. The molecule has 31 heavy (non-hydrogen) atoms.